The molecule has 1 fully saturated rings. The number of carbonyl (C=O) groups excluding carboxylic acids is 1. The van der Waals surface area contributed by atoms with E-state index in [0.717, 1.165) is 57.0 Å². The van der Waals surface area contributed by atoms with Gasteiger partial charge in [0.1, 0.15) is 5.75 Å². The average molecular weight is 405 g/mol. The Balaban J connectivity index is 0.00000280. The van der Waals surface area contributed by atoms with Crippen LogP contribution in [0.4, 0.5) is 0 Å². The molecule has 1 amide bonds. The summed E-state index contributed by atoms with van der Waals surface area (Å²) in [7, 11) is 0. The highest BCUT2D eigenvalue weighted by Gasteiger charge is 2.10. The van der Waals surface area contributed by atoms with Gasteiger partial charge in [0.05, 0.1) is 13.2 Å². The Morgan fingerprint density at radius 2 is 1.75 bits per heavy atom. The molecule has 0 unspecified atom stereocenters. The Bertz CT molecular complexity index is 706. The molecule has 28 heavy (non-hydrogen) atoms. The van der Waals surface area contributed by atoms with Crippen LogP contribution in [0.1, 0.15) is 17.5 Å². The van der Waals surface area contributed by atoms with E-state index in [-0.39, 0.29) is 24.9 Å². The van der Waals surface area contributed by atoms with Crippen molar-refractivity contribution in [3.05, 3.63) is 65.7 Å². The van der Waals surface area contributed by atoms with Crippen LogP contribution >= 0.6 is 12.4 Å². The molecule has 0 bridgehead atoms. The zero-order valence-electron chi connectivity index (χ0n) is 16.1. The zero-order valence-corrected chi connectivity index (χ0v) is 17.0. The summed E-state index contributed by atoms with van der Waals surface area (Å²) in [6.45, 7) is 5.29. The fourth-order valence-electron chi connectivity index (χ4n) is 3.16. The van der Waals surface area contributed by atoms with Crippen LogP contribution < -0.4 is 10.1 Å². The lowest BCUT2D eigenvalue weighted by molar-refractivity contribution is -0.123. The van der Waals surface area contributed by atoms with Gasteiger partial charge < -0.3 is 14.8 Å². The lowest BCUT2D eigenvalue weighted by atomic mass is 10.0. The van der Waals surface area contributed by atoms with Gasteiger partial charge in [0.25, 0.3) is 5.91 Å². The van der Waals surface area contributed by atoms with Gasteiger partial charge in [-0.3, -0.25) is 9.69 Å². The summed E-state index contributed by atoms with van der Waals surface area (Å²) in [6.07, 6.45) is 1.73. The van der Waals surface area contributed by atoms with Crippen LogP contribution in [0.15, 0.2) is 54.6 Å². The van der Waals surface area contributed by atoms with E-state index in [1.807, 2.05) is 42.5 Å². The summed E-state index contributed by atoms with van der Waals surface area (Å²) in [5.74, 6) is 0.691. The molecule has 1 aliphatic heterocycles. The van der Waals surface area contributed by atoms with Gasteiger partial charge in [0.15, 0.2) is 6.61 Å². The predicted octanol–water partition coefficient (Wildman–Crippen LogP) is 2.92. The average Bonchev–Trinajstić information content (AvgIpc) is 2.72. The van der Waals surface area contributed by atoms with Crippen LogP contribution in [-0.4, -0.2) is 56.8 Å². The van der Waals surface area contributed by atoms with Crippen molar-refractivity contribution in [3.63, 3.8) is 0 Å². The lowest BCUT2D eigenvalue weighted by Crippen LogP contribution is -2.38. The number of halogens is 1. The summed E-state index contributed by atoms with van der Waals surface area (Å²) in [6, 6.07) is 18.2. The number of nitrogens with one attached hydrogen (secondary N) is 1. The fourth-order valence-corrected chi connectivity index (χ4v) is 3.16. The van der Waals surface area contributed by atoms with Crippen molar-refractivity contribution < 1.29 is 14.3 Å². The predicted molar refractivity (Wildman–Crippen MR) is 113 cm³/mol. The molecule has 5 nitrogen and oxygen atoms in total. The first-order chi connectivity index (χ1) is 13.3. The molecular formula is C22H29ClN2O3. The number of hydrogen-bond donors (Lipinski definition) is 1. The first-order valence-electron chi connectivity index (χ1n) is 9.63. The lowest BCUT2D eigenvalue weighted by Gasteiger charge is -2.26. The minimum Gasteiger partial charge on any atom is -0.483 e. The van der Waals surface area contributed by atoms with E-state index in [4.69, 9.17) is 9.47 Å². The van der Waals surface area contributed by atoms with E-state index in [1.165, 1.54) is 5.56 Å². The molecule has 1 N–H and O–H groups in total. The highest BCUT2D eigenvalue weighted by Crippen LogP contribution is 2.21. The van der Waals surface area contributed by atoms with Gasteiger partial charge in [0, 0.05) is 26.1 Å². The van der Waals surface area contributed by atoms with Gasteiger partial charge in [0.2, 0.25) is 0 Å². The van der Waals surface area contributed by atoms with Crippen LogP contribution in [-0.2, 0) is 16.0 Å². The van der Waals surface area contributed by atoms with Crippen molar-refractivity contribution in [2.75, 3.05) is 46.0 Å². The Morgan fingerprint density at radius 3 is 2.54 bits per heavy atom. The van der Waals surface area contributed by atoms with Crippen molar-refractivity contribution in [1.29, 1.82) is 0 Å². The molecule has 0 saturated carbocycles. The fraction of sp³-hybridized carbons (Fsp3) is 0.409. The van der Waals surface area contributed by atoms with Crippen LogP contribution in [0.3, 0.4) is 0 Å². The molecule has 1 saturated heterocycles. The number of ether oxygens (including phenoxy) is 2. The van der Waals surface area contributed by atoms with Crippen molar-refractivity contribution in [2.45, 2.75) is 12.8 Å². The molecule has 0 radical (unpaired) electrons. The standard InChI is InChI=1S/C22H28N2O3.ClH/c25-22(23-11-6-12-24-13-15-26-16-14-24)18-27-21-10-5-4-9-20(21)17-19-7-2-1-3-8-19;/h1-5,7-10H,6,11-18H2,(H,23,25);1H. The molecule has 2 aromatic rings. The Labute approximate surface area is 173 Å². The number of amides is 1. The molecule has 6 heteroatoms. The maximum atomic E-state index is 12.1. The molecule has 2 aromatic carbocycles. The van der Waals surface area contributed by atoms with Gasteiger partial charge in [-0.05, 0) is 30.2 Å². The van der Waals surface area contributed by atoms with Crippen molar-refractivity contribution in [1.82, 2.24) is 10.2 Å². The highest BCUT2D eigenvalue weighted by molar-refractivity contribution is 5.85. The Morgan fingerprint density at radius 1 is 1.04 bits per heavy atom. The van der Waals surface area contributed by atoms with Gasteiger partial charge in [-0.25, -0.2) is 0 Å². The zero-order chi connectivity index (χ0) is 18.7. The number of carbonyl (C=O) groups is 1. The molecular weight excluding hydrogens is 376 g/mol. The summed E-state index contributed by atoms with van der Waals surface area (Å²) in [5.41, 5.74) is 2.31. The number of rotatable bonds is 9. The molecule has 152 valence electrons. The molecule has 0 aromatic heterocycles. The number of nitrogens with zero attached hydrogens (tertiary/aromatic N) is 1. The highest BCUT2D eigenvalue weighted by atomic mass is 35.5. The number of para-hydroxylation sites is 1. The third kappa shape index (κ3) is 7.50. The van der Waals surface area contributed by atoms with Gasteiger partial charge >= 0.3 is 0 Å². The monoisotopic (exact) mass is 404 g/mol. The second-order valence-corrected chi connectivity index (χ2v) is 6.72. The number of hydrogen-bond acceptors (Lipinski definition) is 4. The third-order valence-corrected chi connectivity index (χ3v) is 4.65. The number of benzene rings is 2. The second kappa shape index (κ2) is 12.4. The van der Waals surface area contributed by atoms with Crippen molar-refractivity contribution in [2.24, 2.45) is 0 Å². The Kier molecular flexibility index (Phi) is 9.83. The van der Waals surface area contributed by atoms with E-state index in [0.29, 0.717) is 6.54 Å². The van der Waals surface area contributed by atoms with Crippen molar-refractivity contribution >= 4 is 18.3 Å². The minimum atomic E-state index is -0.0773. The molecule has 0 atom stereocenters. The largest absolute Gasteiger partial charge is 0.483 e. The SMILES string of the molecule is Cl.O=C(COc1ccccc1Cc1ccccc1)NCCCN1CCOCC1. The summed E-state index contributed by atoms with van der Waals surface area (Å²) >= 11 is 0. The van der Waals surface area contributed by atoms with Crippen molar-refractivity contribution in [3.8, 4) is 5.75 Å². The normalized spacial score (nSPS) is 14.1. The maximum absolute atomic E-state index is 12.1. The first-order valence-corrected chi connectivity index (χ1v) is 9.63. The van der Waals surface area contributed by atoms with Gasteiger partial charge in [-0.2, -0.15) is 0 Å². The van der Waals surface area contributed by atoms with Gasteiger partial charge in [-0.15, -0.1) is 12.4 Å². The summed E-state index contributed by atoms with van der Waals surface area (Å²) < 4.78 is 11.1. The van der Waals surface area contributed by atoms with E-state index >= 15 is 0 Å². The van der Waals surface area contributed by atoms with E-state index in [9.17, 15) is 4.79 Å². The summed E-state index contributed by atoms with van der Waals surface area (Å²) in [4.78, 5) is 14.4. The molecule has 1 aliphatic rings. The third-order valence-electron chi connectivity index (χ3n) is 4.65. The number of morpholine rings is 1. The smallest absolute Gasteiger partial charge is 0.257 e. The molecule has 1 heterocycles. The van der Waals surface area contributed by atoms with E-state index < -0.39 is 0 Å². The quantitative estimate of drug-likeness (QED) is 0.653. The second-order valence-electron chi connectivity index (χ2n) is 6.72. The Hall–Kier alpha value is -2.08. The maximum Gasteiger partial charge on any atom is 0.257 e. The van der Waals surface area contributed by atoms with Crippen LogP contribution in [0.5, 0.6) is 5.75 Å². The van der Waals surface area contributed by atoms with Crippen LogP contribution in [0, 0.1) is 0 Å². The van der Waals surface area contributed by atoms with Gasteiger partial charge in [-0.1, -0.05) is 48.5 Å². The topological polar surface area (TPSA) is 50.8 Å². The molecule has 0 spiro atoms. The minimum absolute atomic E-state index is 0. The van der Waals surface area contributed by atoms with Crippen LogP contribution in [0.25, 0.3) is 0 Å². The first kappa shape index (κ1) is 22.2. The van der Waals surface area contributed by atoms with E-state index in [2.05, 4.69) is 22.3 Å². The molecule has 0 aliphatic carbocycles. The molecule has 3 rings (SSSR count). The van der Waals surface area contributed by atoms with Crippen LogP contribution in [0.2, 0.25) is 0 Å². The van der Waals surface area contributed by atoms with E-state index in [1.54, 1.807) is 0 Å². The summed E-state index contributed by atoms with van der Waals surface area (Å²) in [5, 5.41) is 2.94.